The molecule has 1 amide bonds. The van der Waals surface area contributed by atoms with E-state index in [0.29, 0.717) is 13.2 Å². The van der Waals surface area contributed by atoms with E-state index < -0.39 is 0 Å². The zero-order valence-electron chi connectivity index (χ0n) is 11.5. The number of ketones is 1. The van der Waals surface area contributed by atoms with Crippen molar-refractivity contribution in [3.8, 4) is 0 Å². The van der Waals surface area contributed by atoms with Crippen molar-refractivity contribution in [3.63, 3.8) is 0 Å². The number of carbonyl (C=O) groups excluding carboxylic acids is 2. The summed E-state index contributed by atoms with van der Waals surface area (Å²) in [6, 6.07) is 0.156. The van der Waals surface area contributed by atoms with Crippen LogP contribution in [0.4, 0.5) is 4.79 Å². The molecule has 0 aromatic rings. The molecule has 0 bridgehead atoms. The van der Waals surface area contributed by atoms with Gasteiger partial charge >= 0.3 is 6.09 Å². The zero-order chi connectivity index (χ0) is 13.7. The van der Waals surface area contributed by atoms with E-state index in [4.69, 9.17) is 9.47 Å². The molecule has 1 heterocycles. The lowest BCUT2D eigenvalue weighted by molar-refractivity contribution is -0.121. The molecule has 0 spiro atoms. The Bertz CT molecular complexity index is 317. The van der Waals surface area contributed by atoms with Crippen molar-refractivity contribution in [2.75, 3.05) is 13.2 Å². The van der Waals surface area contributed by atoms with Gasteiger partial charge in [0.15, 0.2) is 0 Å². The molecule has 19 heavy (non-hydrogen) atoms. The highest BCUT2D eigenvalue weighted by atomic mass is 16.6. The van der Waals surface area contributed by atoms with E-state index >= 15 is 0 Å². The van der Waals surface area contributed by atoms with Crippen LogP contribution in [0.3, 0.4) is 0 Å². The lowest BCUT2D eigenvalue weighted by Gasteiger charge is -2.28. The molecule has 1 aliphatic heterocycles. The van der Waals surface area contributed by atoms with Gasteiger partial charge in [-0.2, -0.15) is 0 Å². The van der Waals surface area contributed by atoms with E-state index in [0.717, 1.165) is 38.5 Å². The van der Waals surface area contributed by atoms with Gasteiger partial charge in [0.2, 0.25) is 0 Å². The van der Waals surface area contributed by atoms with Gasteiger partial charge < -0.3 is 14.8 Å². The van der Waals surface area contributed by atoms with Gasteiger partial charge in [0.1, 0.15) is 11.9 Å². The van der Waals surface area contributed by atoms with E-state index in [1.54, 1.807) is 6.92 Å². The number of hydrogen-bond acceptors (Lipinski definition) is 4. The summed E-state index contributed by atoms with van der Waals surface area (Å²) in [6.07, 6.45) is 4.71. The molecule has 1 aliphatic carbocycles. The summed E-state index contributed by atoms with van der Waals surface area (Å²) >= 11 is 0. The van der Waals surface area contributed by atoms with Gasteiger partial charge in [0.05, 0.1) is 13.2 Å². The fourth-order valence-electron chi connectivity index (χ4n) is 2.79. The highest BCUT2D eigenvalue weighted by Gasteiger charge is 2.26. The Balaban J connectivity index is 1.67. The summed E-state index contributed by atoms with van der Waals surface area (Å²) in [5.41, 5.74) is 0. The minimum absolute atomic E-state index is 0.0118. The summed E-state index contributed by atoms with van der Waals surface area (Å²) in [4.78, 5) is 23.0. The number of nitrogens with one attached hydrogen (secondary N) is 1. The Hall–Kier alpha value is -1.10. The Morgan fingerprint density at radius 2 is 1.68 bits per heavy atom. The van der Waals surface area contributed by atoms with Crippen LogP contribution in [-0.2, 0) is 14.3 Å². The molecule has 1 saturated carbocycles. The second-order valence-corrected chi connectivity index (χ2v) is 5.52. The summed E-state index contributed by atoms with van der Waals surface area (Å²) in [5, 5.41) is 2.91. The molecule has 0 radical (unpaired) electrons. The van der Waals surface area contributed by atoms with Gasteiger partial charge in [0, 0.05) is 24.8 Å². The lowest BCUT2D eigenvalue weighted by atomic mass is 9.84. The normalized spacial score (nSPS) is 28.7. The molecule has 0 atom stereocenters. The molecule has 5 heteroatoms. The summed E-state index contributed by atoms with van der Waals surface area (Å²) in [6.45, 7) is 2.99. The Labute approximate surface area is 114 Å². The summed E-state index contributed by atoms with van der Waals surface area (Å²) in [5.74, 6) is 0.452. The van der Waals surface area contributed by atoms with Crippen LogP contribution in [0.1, 0.15) is 45.4 Å². The average molecular weight is 269 g/mol. The first-order valence-electron chi connectivity index (χ1n) is 7.20. The van der Waals surface area contributed by atoms with Crippen LogP contribution in [-0.4, -0.2) is 37.2 Å². The molecule has 108 valence electrons. The number of alkyl carbamates (subject to hydrolysis) is 1. The molecular weight excluding hydrogens is 246 g/mol. The standard InChI is InChI=1S/C14H23NO4/c1-10(16)11-2-4-12(5-3-11)15-14(17)19-13-6-8-18-9-7-13/h11-13H,2-9H2,1H3,(H,15,17). The maximum atomic E-state index is 11.8. The smallest absolute Gasteiger partial charge is 0.407 e. The predicted molar refractivity (Wildman–Crippen MR) is 69.9 cm³/mol. The van der Waals surface area contributed by atoms with Crippen molar-refractivity contribution in [3.05, 3.63) is 0 Å². The van der Waals surface area contributed by atoms with Crippen LogP contribution in [0, 0.1) is 5.92 Å². The second kappa shape index (κ2) is 6.89. The first kappa shape index (κ1) is 14.3. The van der Waals surface area contributed by atoms with Gasteiger partial charge in [-0.25, -0.2) is 4.79 Å². The van der Waals surface area contributed by atoms with E-state index in [2.05, 4.69) is 5.32 Å². The van der Waals surface area contributed by atoms with Crippen LogP contribution in [0.5, 0.6) is 0 Å². The van der Waals surface area contributed by atoms with Crippen LogP contribution in [0.25, 0.3) is 0 Å². The van der Waals surface area contributed by atoms with E-state index in [9.17, 15) is 9.59 Å². The predicted octanol–water partition coefficient (Wildman–Crippen LogP) is 2.04. The van der Waals surface area contributed by atoms with E-state index in [-0.39, 0.29) is 29.9 Å². The number of amides is 1. The van der Waals surface area contributed by atoms with Crippen molar-refractivity contribution >= 4 is 11.9 Å². The Morgan fingerprint density at radius 3 is 2.26 bits per heavy atom. The van der Waals surface area contributed by atoms with Crippen molar-refractivity contribution < 1.29 is 19.1 Å². The lowest BCUT2D eigenvalue weighted by Crippen LogP contribution is -2.40. The number of carbonyl (C=O) groups is 2. The summed E-state index contributed by atoms with van der Waals surface area (Å²) < 4.78 is 10.6. The molecule has 2 rings (SSSR count). The first-order chi connectivity index (χ1) is 9.15. The van der Waals surface area contributed by atoms with Gasteiger partial charge in [0.25, 0.3) is 0 Å². The monoisotopic (exact) mass is 269 g/mol. The van der Waals surface area contributed by atoms with Crippen LogP contribution >= 0.6 is 0 Å². The third-order valence-corrected chi connectivity index (χ3v) is 4.07. The fourth-order valence-corrected chi connectivity index (χ4v) is 2.79. The highest BCUT2D eigenvalue weighted by Crippen LogP contribution is 2.25. The largest absolute Gasteiger partial charge is 0.446 e. The molecular formula is C14H23NO4. The van der Waals surface area contributed by atoms with Crippen molar-refractivity contribution in [1.29, 1.82) is 0 Å². The Kier molecular flexibility index (Phi) is 5.19. The number of Topliss-reactive ketones (excluding diaryl/α,β-unsaturated/α-hetero) is 1. The van der Waals surface area contributed by atoms with Gasteiger partial charge in [-0.15, -0.1) is 0 Å². The van der Waals surface area contributed by atoms with Gasteiger partial charge in [-0.3, -0.25) is 4.79 Å². The fraction of sp³-hybridized carbons (Fsp3) is 0.857. The highest BCUT2D eigenvalue weighted by molar-refractivity contribution is 5.78. The minimum atomic E-state index is -0.321. The minimum Gasteiger partial charge on any atom is -0.446 e. The van der Waals surface area contributed by atoms with Crippen LogP contribution < -0.4 is 5.32 Å². The molecule has 2 aliphatic rings. The second-order valence-electron chi connectivity index (χ2n) is 5.52. The molecule has 0 aromatic heterocycles. The topological polar surface area (TPSA) is 64.6 Å². The van der Waals surface area contributed by atoms with Crippen LogP contribution in [0.15, 0.2) is 0 Å². The van der Waals surface area contributed by atoms with E-state index in [1.165, 1.54) is 0 Å². The van der Waals surface area contributed by atoms with Crippen molar-refractivity contribution in [2.45, 2.75) is 57.6 Å². The molecule has 5 nitrogen and oxygen atoms in total. The molecule has 1 saturated heterocycles. The number of rotatable bonds is 3. The first-order valence-corrected chi connectivity index (χ1v) is 7.20. The van der Waals surface area contributed by atoms with Crippen LogP contribution in [0.2, 0.25) is 0 Å². The quantitative estimate of drug-likeness (QED) is 0.851. The van der Waals surface area contributed by atoms with Crippen molar-refractivity contribution in [2.24, 2.45) is 5.92 Å². The summed E-state index contributed by atoms with van der Waals surface area (Å²) in [7, 11) is 0. The zero-order valence-corrected chi connectivity index (χ0v) is 11.5. The molecule has 2 fully saturated rings. The van der Waals surface area contributed by atoms with Gasteiger partial charge in [-0.1, -0.05) is 0 Å². The molecule has 0 unspecified atom stereocenters. The van der Waals surface area contributed by atoms with Crippen molar-refractivity contribution in [1.82, 2.24) is 5.32 Å². The number of ether oxygens (including phenoxy) is 2. The van der Waals surface area contributed by atoms with E-state index in [1.807, 2.05) is 0 Å². The maximum Gasteiger partial charge on any atom is 0.407 e. The Morgan fingerprint density at radius 1 is 1.05 bits per heavy atom. The number of hydrogen-bond donors (Lipinski definition) is 1. The third kappa shape index (κ3) is 4.49. The maximum absolute atomic E-state index is 11.8. The van der Waals surface area contributed by atoms with Gasteiger partial charge in [-0.05, 0) is 32.6 Å². The third-order valence-electron chi connectivity index (χ3n) is 4.07. The average Bonchev–Trinajstić information content (AvgIpc) is 2.40. The molecule has 0 aromatic carbocycles. The SMILES string of the molecule is CC(=O)C1CCC(NC(=O)OC2CCOCC2)CC1. The molecule has 1 N–H and O–H groups in total.